The highest BCUT2D eigenvalue weighted by Gasteiger charge is 2.32. The second-order valence-electron chi connectivity index (χ2n) is 6.38. The third-order valence-electron chi connectivity index (χ3n) is 4.68. The summed E-state index contributed by atoms with van der Waals surface area (Å²) in [7, 11) is 1.63. The number of benzene rings is 1. The topological polar surface area (TPSA) is 79.0 Å². The van der Waals surface area contributed by atoms with Crippen molar-refractivity contribution in [3.8, 4) is 17.2 Å². The highest BCUT2D eigenvalue weighted by atomic mass is 16.5. The largest absolute Gasteiger partial charge is 0.496 e. The summed E-state index contributed by atoms with van der Waals surface area (Å²) in [5.41, 5.74) is 0.797. The predicted octanol–water partition coefficient (Wildman–Crippen LogP) is 1.98. The number of hydrogen-bond donors (Lipinski definition) is 2. The van der Waals surface area contributed by atoms with E-state index in [1.165, 1.54) is 0 Å². The van der Waals surface area contributed by atoms with Crippen LogP contribution in [0.5, 0.6) is 5.75 Å². The van der Waals surface area contributed by atoms with Gasteiger partial charge in [0.2, 0.25) is 5.89 Å². The molecule has 24 heavy (non-hydrogen) atoms. The van der Waals surface area contributed by atoms with Crippen molar-refractivity contribution in [2.75, 3.05) is 26.8 Å². The Labute approximate surface area is 141 Å². The number of rotatable bonds is 5. The molecule has 1 aromatic heterocycles. The van der Waals surface area contributed by atoms with Gasteiger partial charge in [-0.05, 0) is 31.9 Å². The van der Waals surface area contributed by atoms with Gasteiger partial charge in [-0.3, -0.25) is 4.90 Å². The van der Waals surface area contributed by atoms with Crippen LogP contribution in [0.25, 0.3) is 11.5 Å². The Morgan fingerprint density at radius 1 is 1.29 bits per heavy atom. The Balaban J connectivity index is 1.73. The molecule has 1 aliphatic rings. The van der Waals surface area contributed by atoms with Crippen molar-refractivity contribution in [2.45, 2.75) is 31.9 Å². The Kier molecular flexibility index (Phi) is 4.89. The van der Waals surface area contributed by atoms with Gasteiger partial charge in [-0.2, -0.15) is 0 Å². The minimum atomic E-state index is -0.933. The molecule has 1 aromatic carbocycles. The maximum absolute atomic E-state index is 10.1. The number of aliphatic hydroxyl groups excluding tert-OH is 1. The van der Waals surface area contributed by atoms with E-state index in [4.69, 9.17) is 9.15 Å². The van der Waals surface area contributed by atoms with Crippen LogP contribution in [-0.2, 0) is 6.54 Å². The van der Waals surface area contributed by atoms with E-state index < -0.39 is 5.60 Å². The normalized spacial score (nSPS) is 17.8. The lowest BCUT2D eigenvalue weighted by Gasteiger charge is -2.36. The maximum Gasteiger partial charge on any atom is 0.230 e. The van der Waals surface area contributed by atoms with Gasteiger partial charge in [0.15, 0.2) is 0 Å². The number of aromatic nitrogens is 1. The van der Waals surface area contributed by atoms with Gasteiger partial charge in [0.25, 0.3) is 0 Å². The first-order valence-electron chi connectivity index (χ1n) is 8.20. The van der Waals surface area contributed by atoms with E-state index in [1.807, 2.05) is 31.2 Å². The summed E-state index contributed by atoms with van der Waals surface area (Å²) in [6.07, 6.45) is 1.14. The lowest BCUT2D eigenvalue weighted by atomic mass is 9.92. The average Bonchev–Trinajstić information content (AvgIpc) is 2.97. The molecule has 1 aliphatic heterocycles. The van der Waals surface area contributed by atoms with Crippen LogP contribution < -0.4 is 4.74 Å². The van der Waals surface area contributed by atoms with Gasteiger partial charge < -0.3 is 19.4 Å². The number of methoxy groups -OCH3 is 1. The summed E-state index contributed by atoms with van der Waals surface area (Å²) in [4.78, 5) is 6.86. The van der Waals surface area contributed by atoms with Crippen molar-refractivity contribution in [2.24, 2.45) is 0 Å². The van der Waals surface area contributed by atoms with Crippen molar-refractivity contribution >= 4 is 0 Å². The summed E-state index contributed by atoms with van der Waals surface area (Å²) in [5, 5.41) is 19.3. The number of likely N-dealkylation sites (tertiary alicyclic amines) is 1. The predicted molar refractivity (Wildman–Crippen MR) is 89.8 cm³/mol. The number of hydrogen-bond acceptors (Lipinski definition) is 6. The molecule has 1 fully saturated rings. The summed E-state index contributed by atoms with van der Waals surface area (Å²) in [6, 6.07) is 7.65. The monoisotopic (exact) mass is 332 g/mol. The van der Waals surface area contributed by atoms with Crippen LogP contribution in [0.1, 0.15) is 24.3 Å². The molecular formula is C18H24N2O4. The van der Waals surface area contributed by atoms with E-state index in [-0.39, 0.29) is 6.61 Å². The second kappa shape index (κ2) is 6.93. The molecule has 2 aromatic rings. The fraction of sp³-hybridized carbons (Fsp3) is 0.500. The van der Waals surface area contributed by atoms with E-state index in [1.54, 1.807) is 7.11 Å². The fourth-order valence-electron chi connectivity index (χ4n) is 3.01. The lowest BCUT2D eigenvalue weighted by Crippen LogP contribution is -2.46. The maximum atomic E-state index is 10.1. The minimum Gasteiger partial charge on any atom is -0.496 e. The molecule has 1 saturated heterocycles. The molecule has 0 amide bonds. The molecule has 2 heterocycles. The molecule has 130 valence electrons. The Bertz CT molecular complexity index is 690. The first-order chi connectivity index (χ1) is 11.5. The zero-order valence-corrected chi connectivity index (χ0v) is 14.2. The zero-order valence-electron chi connectivity index (χ0n) is 14.2. The average molecular weight is 332 g/mol. The number of aryl methyl sites for hydroxylation is 1. The highest BCUT2D eigenvalue weighted by Crippen LogP contribution is 2.31. The number of aliphatic hydroxyl groups is 2. The standard InChI is InChI=1S/C18H24N2O4/c1-13-15(11-20-9-7-18(22,12-21)8-10-20)19-17(24-13)14-5-3-4-6-16(14)23-2/h3-6,21-22H,7-12H2,1-2H3. The molecule has 0 atom stereocenters. The highest BCUT2D eigenvalue weighted by molar-refractivity contribution is 5.62. The van der Waals surface area contributed by atoms with E-state index in [0.29, 0.717) is 25.3 Å². The molecule has 0 aliphatic carbocycles. The van der Waals surface area contributed by atoms with Crippen LogP contribution in [0.15, 0.2) is 28.7 Å². The lowest BCUT2D eigenvalue weighted by molar-refractivity contribution is -0.0608. The molecule has 0 radical (unpaired) electrons. The van der Waals surface area contributed by atoms with E-state index in [2.05, 4.69) is 9.88 Å². The number of ether oxygens (including phenoxy) is 1. The van der Waals surface area contributed by atoms with Crippen molar-refractivity contribution in [1.82, 2.24) is 9.88 Å². The van der Waals surface area contributed by atoms with Gasteiger partial charge in [0.05, 0.1) is 30.6 Å². The Morgan fingerprint density at radius 2 is 2.00 bits per heavy atom. The van der Waals surface area contributed by atoms with Gasteiger partial charge >= 0.3 is 0 Å². The molecule has 0 bridgehead atoms. The summed E-state index contributed by atoms with van der Waals surface area (Å²) in [5.74, 6) is 2.08. The molecular weight excluding hydrogens is 308 g/mol. The van der Waals surface area contributed by atoms with Gasteiger partial charge in [-0.15, -0.1) is 0 Å². The van der Waals surface area contributed by atoms with Crippen molar-refractivity contribution in [1.29, 1.82) is 0 Å². The molecule has 0 saturated carbocycles. The van der Waals surface area contributed by atoms with E-state index in [0.717, 1.165) is 35.9 Å². The smallest absolute Gasteiger partial charge is 0.230 e. The van der Waals surface area contributed by atoms with Gasteiger partial charge in [-0.25, -0.2) is 4.98 Å². The van der Waals surface area contributed by atoms with Gasteiger partial charge in [-0.1, -0.05) is 12.1 Å². The van der Waals surface area contributed by atoms with E-state index in [9.17, 15) is 10.2 Å². The Hall–Kier alpha value is -1.89. The first kappa shape index (κ1) is 17.0. The molecule has 6 nitrogen and oxygen atoms in total. The molecule has 6 heteroatoms. The molecule has 0 spiro atoms. The number of nitrogens with zero attached hydrogens (tertiary/aromatic N) is 2. The van der Waals surface area contributed by atoms with Crippen molar-refractivity contribution in [3.05, 3.63) is 35.7 Å². The van der Waals surface area contributed by atoms with Crippen molar-refractivity contribution in [3.63, 3.8) is 0 Å². The zero-order chi connectivity index (χ0) is 17.2. The van der Waals surface area contributed by atoms with Crippen LogP contribution in [0.3, 0.4) is 0 Å². The quantitative estimate of drug-likeness (QED) is 0.872. The summed E-state index contributed by atoms with van der Waals surface area (Å²) >= 11 is 0. The third kappa shape index (κ3) is 3.45. The SMILES string of the molecule is COc1ccccc1-c1nc(CN2CCC(O)(CO)CC2)c(C)o1. The van der Waals surface area contributed by atoms with Crippen LogP contribution >= 0.6 is 0 Å². The van der Waals surface area contributed by atoms with Crippen molar-refractivity contribution < 1.29 is 19.4 Å². The summed E-state index contributed by atoms with van der Waals surface area (Å²) < 4.78 is 11.2. The van der Waals surface area contributed by atoms with Gasteiger partial charge in [0.1, 0.15) is 11.5 Å². The minimum absolute atomic E-state index is 0.179. The summed E-state index contributed by atoms with van der Waals surface area (Å²) in [6.45, 7) is 3.86. The second-order valence-corrected chi connectivity index (χ2v) is 6.38. The van der Waals surface area contributed by atoms with Gasteiger partial charge in [0, 0.05) is 19.6 Å². The fourth-order valence-corrected chi connectivity index (χ4v) is 3.01. The van der Waals surface area contributed by atoms with Crippen LogP contribution in [0.2, 0.25) is 0 Å². The van der Waals surface area contributed by atoms with Crippen LogP contribution in [0, 0.1) is 6.92 Å². The first-order valence-corrected chi connectivity index (χ1v) is 8.20. The number of oxazole rings is 1. The van der Waals surface area contributed by atoms with E-state index >= 15 is 0 Å². The molecule has 3 rings (SSSR count). The molecule has 0 unspecified atom stereocenters. The van der Waals surface area contributed by atoms with Crippen LogP contribution in [0.4, 0.5) is 0 Å². The number of para-hydroxylation sites is 1. The molecule has 2 N–H and O–H groups in total. The number of piperidine rings is 1. The van der Waals surface area contributed by atoms with Crippen LogP contribution in [-0.4, -0.2) is 52.5 Å². The third-order valence-corrected chi connectivity index (χ3v) is 4.68. The Morgan fingerprint density at radius 3 is 2.67 bits per heavy atom.